The van der Waals surface area contributed by atoms with E-state index in [1.807, 2.05) is 24.3 Å². The van der Waals surface area contributed by atoms with Gasteiger partial charge >= 0.3 is 19.5 Å². The zero-order chi connectivity index (χ0) is 15.1. The normalized spacial score (nSPS) is 8.86. The van der Waals surface area contributed by atoms with Gasteiger partial charge in [0.05, 0.1) is 0 Å². The Balaban J connectivity index is 0.000000364. The van der Waals surface area contributed by atoms with Gasteiger partial charge < -0.3 is 49.7 Å². The van der Waals surface area contributed by atoms with Crippen molar-refractivity contribution in [2.24, 2.45) is 0 Å². The van der Waals surface area contributed by atoms with Crippen molar-refractivity contribution in [2.75, 3.05) is 0 Å². The zero-order valence-corrected chi connectivity index (χ0v) is 18.5. The Morgan fingerprint density at radius 3 is 1.10 bits per heavy atom. The van der Waals surface area contributed by atoms with Crippen LogP contribution in [0.1, 0.15) is 11.1 Å². The second-order valence-electron chi connectivity index (χ2n) is 3.59. The molecule has 0 N–H and O–H groups in total. The molecule has 0 fully saturated rings. The van der Waals surface area contributed by atoms with Crippen LogP contribution >= 0.6 is 47.6 Å². The van der Waals surface area contributed by atoms with E-state index < -0.39 is 0 Å². The van der Waals surface area contributed by atoms with Crippen LogP contribution in [0, 0.1) is 0 Å². The van der Waals surface area contributed by atoms with Crippen LogP contribution in [0.25, 0.3) is 0 Å². The smallest absolute Gasteiger partial charge is 0.428 e. The molecule has 0 heterocycles. The summed E-state index contributed by atoms with van der Waals surface area (Å²) in [6, 6.07) is 14.4. The first-order valence-corrected chi connectivity index (χ1v) is 7.73. The molecule has 0 radical (unpaired) electrons. The molecule has 21 heavy (non-hydrogen) atoms. The summed E-state index contributed by atoms with van der Waals surface area (Å²) in [6.45, 7) is 0. The number of halogens is 2. The van der Waals surface area contributed by atoms with E-state index in [9.17, 15) is 0 Å². The van der Waals surface area contributed by atoms with Gasteiger partial charge in [-0.2, -0.15) is 0 Å². The first-order chi connectivity index (χ1) is 9.40. The maximum Gasteiger partial charge on any atom is 2.00 e. The minimum Gasteiger partial charge on any atom is -0.428 e. The van der Waals surface area contributed by atoms with E-state index in [2.05, 4.69) is 0 Å². The molecule has 0 aliphatic heterocycles. The Bertz CT molecular complexity index is 542. The van der Waals surface area contributed by atoms with Crippen molar-refractivity contribution in [2.45, 2.75) is 0 Å². The van der Waals surface area contributed by atoms with Gasteiger partial charge in [-0.25, -0.2) is 0 Å². The molecule has 0 nitrogen and oxygen atoms in total. The zero-order valence-electron chi connectivity index (χ0n) is 10.7. The molecule has 2 aromatic rings. The average molecular weight is 441 g/mol. The maximum absolute atomic E-state index is 5.64. The molecule has 0 unspecified atom stereocenters. The molecule has 0 aliphatic rings. The standard InChI is InChI=1S/2C7H5ClS2.Zn/c2*8-6-3-1-5(2-4-6)7(9)10;/h2*1-4H,(H,9,10);/q;;+2/p-2. The first kappa shape index (κ1) is 21.3. The second kappa shape index (κ2) is 10.9. The molecule has 0 aliphatic carbocycles. The Morgan fingerprint density at radius 1 is 0.667 bits per heavy atom. The van der Waals surface area contributed by atoms with Crippen molar-refractivity contribution in [1.82, 2.24) is 0 Å². The number of hydrogen-bond donors (Lipinski definition) is 0. The van der Waals surface area contributed by atoms with E-state index in [0.29, 0.717) is 18.4 Å². The molecule has 0 spiro atoms. The first-order valence-electron chi connectivity index (χ1n) is 5.34. The molecule has 2 aromatic carbocycles. The fraction of sp³-hybridized carbons (Fsp3) is 0. The minimum atomic E-state index is 0. The van der Waals surface area contributed by atoms with E-state index in [0.717, 1.165) is 11.1 Å². The van der Waals surface area contributed by atoms with Crippen LogP contribution in [0.5, 0.6) is 0 Å². The summed E-state index contributed by atoms with van der Waals surface area (Å²) in [6.07, 6.45) is 0. The fourth-order valence-electron chi connectivity index (χ4n) is 1.17. The van der Waals surface area contributed by atoms with E-state index in [1.165, 1.54) is 0 Å². The molecular weight excluding hydrogens is 433 g/mol. The third kappa shape index (κ3) is 8.46. The van der Waals surface area contributed by atoms with Crippen LogP contribution in [0.3, 0.4) is 0 Å². The van der Waals surface area contributed by atoms with Crippen LogP contribution < -0.4 is 0 Å². The predicted molar refractivity (Wildman–Crippen MR) is 101 cm³/mol. The Hall–Kier alpha value is 0.263. The average Bonchev–Trinajstić information content (AvgIpc) is 2.40. The third-order valence-electron chi connectivity index (χ3n) is 2.16. The Kier molecular flexibility index (Phi) is 11.0. The third-order valence-corrected chi connectivity index (χ3v) is 3.61. The molecule has 7 heteroatoms. The van der Waals surface area contributed by atoms with Crippen molar-refractivity contribution in [3.05, 3.63) is 69.7 Å². The van der Waals surface area contributed by atoms with E-state index in [1.54, 1.807) is 24.3 Å². The molecule has 0 atom stereocenters. The molecule has 0 bridgehead atoms. The van der Waals surface area contributed by atoms with Crippen LogP contribution in [0.4, 0.5) is 0 Å². The summed E-state index contributed by atoms with van der Waals surface area (Å²) < 4.78 is 0.966. The van der Waals surface area contributed by atoms with Gasteiger partial charge in [0.25, 0.3) is 0 Å². The van der Waals surface area contributed by atoms with E-state index in [-0.39, 0.29) is 19.5 Å². The van der Waals surface area contributed by atoms with Gasteiger partial charge in [0, 0.05) is 10.0 Å². The Labute approximate surface area is 169 Å². The van der Waals surface area contributed by atoms with Crippen molar-refractivity contribution >= 4 is 81.3 Å². The van der Waals surface area contributed by atoms with Gasteiger partial charge in [0.2, 0.25) is 0 Å². The maximum atomic E-state index is 5.64. The number of hydrogen-bond acceptors (Lipinski definition) is 4. The van der Waals surface area contributed by atoms with Crippen LogP contribution in [-0.4, -0.2) is 8.39 Å². The van der Waals surface area contributed by atoms with E-state index >= 15 is 0 Å². The number of benzene rings is 2. The largest absolute Gasteiger partial charge is 2.00 e. The Morgan fingerprint density at radius 2 is 0.905 bits per heavy atom. The SMILES string of the molecule is S=C([S-])c1ccc(Cl)cc1.S=C([S-])c1ccc(Cl)cc1.[Zn+2]. The van der Waals surface area contributed by atoms with Crippen molar-refractivity contribution in [1.29, 1.82) is 0 Å². The second-order valence-corrected chi connectivity index (χ2v) is 6.61. The van der Waals surface area contributed by atoms with Gasteiger partial charge in [-0.15, -0.1) is 8.39 Å². The molecule has 2 rings (SSSR count). The molecule has 0 amide bonds. The summed E-state index contributed by atoms with van der Waals surface area (Å²) in [4.78, 5) is 0. The minimum absolute atomic E-state index is 0. The van der Waals surface area contributed by atoms with Crippen molar-refractivity contribution < 1.29 is 19.5 Å². The van der Waals surface area contributed by atoms with Crippen LogP contribution in [0.15, 0.2) is 48.5 Å². The summed E-state index contributed by atoms with van der Waals surface area (Å²) in [5.41, 5.74) is 1.77. The predicted octanol–water partition coefficient (Wildman–Crippen LogP) is 5.12. The molecule has 0 saturated heterocycles. The summed E-state index contributed by atoms with van der Waals surface area (Å²) in [7, 11) is 0. The summed E-state index contributed by atoms with van der Waals surface area (Å²) in [5, 5.41) is 1.41. The number of thiocarbonyl (C=S) groups is 2. The topological polar surface area (TPSA) is 0 Å². The quantitative estimate of drug-likeness (QED) is 0.361. The molecule has 104 valence electrons. The van der Waals surface area contributed by atoms with Crippen molar-refractivity contribution in [3.8, 4) is 0 Å². The summed E-state index contributed by atoms with van der Waals surface area (Å²) >= 11 is 30.4. The van der Waals surface area contributed by atoms with Gasteiger partial charge in [-0.3, -0.25) is 0 Å². The molecular formula is C14H8Cl2S4Zn. The molecule has 0 aromatic heterocycles. The van der Waals surface area contributed by atoms with Crippen LogP contribution in [-0.2, 0) is 44.7 Å². The van der Waals surface area contributed by atoms with Gasteiger partial charge in [0.15, 0.2) is 0 Å². The fourth-order valence-corrected chi connectivity index (χ4v) is 1.97. The van der Waals surface area contributed by atoms with Gasteiger partial charge in [-0.1, -0.05) is 47.5 Å². The number of rotatable bonds is 2. The van der Waals surface area contributed by atoms with Gasteiger partial charge in [-0.05, 0) is 35.4 Å². The molecule has 0 saturated carbocycles. The monoisotopic (exact) mass is 438 g/mol. The van der Waals surface area contributed by atoms with Crippen molar-refractivity contribution in [3.63, 3.8) is 0 Å². The van der Waals surface area contributed by atoms with E-state index in [4.69, 9.17) is 72.9 Å². The van der Waals surface area contributed by atoms with Gasteiger partial charge in [0.1, 0.15) is 0 Å². The van der Waals surface area contributed by atoms with Crippen LogP contribution in [0.2, 0.25) is 10.0 Å². The summed E-state index contributed by atoms with van der Waals surface area (Å²) in [5.74, 6) is 0.